The van der Waals surface area contributed by atoms with E-state index in [1.165, 1.54) is 0 Å². The van der Waals surface area contributed by atoms with Crippen LogP contribution in [0.25, 0.3) is 0 Å². The molecule has 0 saturated carbocycles. The summed E-state index contributed by atoms with van der Waals surface area (Å²) in [4.78, 5) is 105. The lowest BCUT2D eigenvalue weighted by atomic mass is 9.82. The maximum Gasteiger partial charge on any atom is 0.222 e. The summed E-state index contributed by atoms with van der Waals surface area (Å²) in [5.41, 5.74) is -1.32. The highest BCUT2D eigenvalue weighted by Gasteiger charge is 2.45. The van der Waals surface area contributed by atoms with Gasteiger partial charge in [0.2, 0.25) is 47.3 Å². The Morgan fingerprint density at radius 2 is 0.622 bits per heavy atom. The lowest BCUT2D eigenvalue weighted by molar-refractivity contribution is -0.282. The lowest BCUT2D eigenvalue weighted by Gasteiger charge is -2.40. The monoisotopic (exact) mass is 1300 g/mol. The van der Waals surface area contributed by atoms with Crippen molar-refractivity contribution < 1.29 is 117 Å². The third-order valence-corrected chi connectivity index (χ3v) is 15.9. The first-order valence-corrected chi connectivity index (χ1v) is 31.4. The molecule has 17 N–H and O–H groups in total. The van der Waals surface area contributed by atoms with E-state index in [4.69, 9.17) is 33.2 Å². The fourth-order valence-electron chi connectivity index (χ4n) is 10.1. The van der Waals surface area contributed by atoms with Crippen LogP contribution in [-0.4, -0.2) is 272 Å². The standard InChI is InChI=1S/C58H104N8O24/c1-35-49(78)52(81)38(32-67)88-55(35)85-29-15-45(74)62-24-6-21-59-42(71)12-18-58(66-48(77)11-5-10-41(70)65-27-9-28-84-4,19-13-43(72)60-22-7-25-63-46(75)16-30-86-56-36(2)50(79)53(82)39(33-68)89-56)20-14-44(73)61-23-8-26-64-47(76)17-31-87-57-37(3)51(80)54(83)40(34-69)90-57/h35-40,49-57,67-69,78-83H,5-34H2,1-4H3,(H,59,71)(H,60,72)(H,61,73)(H,62,74)(H,63,75)(H,64,76)(H,65,70)(H,66,77)/t35?,36?,37?,38?,39?,40?,49?,50?,51?,52-,53-,54-,55+,56+,57+,58?/m0/s1. The number of rotatable bonds is 45. The van der Waals surface area contributed by atoms with Crippen LogP contribution in [0.1, 0.15) is 124 Å². The summed E-state index contributed by atoms with van der Waals surface area (Å²) >= 11 is 0. The van der Waals surface area contributed by atoms with Gasteiger partial charge in [0.15, 0.2) is 18.9 Å². The van der Waals surface area contributed by atoms with Crippen molar-refractivity contribution in [1.82, 2.24) is 42.5 Å². The predicted octanol–water partition coefficient (Wildman–Crippen LogP) is -5.18. The molecule has 0 aliphatic carbocycles. The van der Waals surface area contributed by atoms with E-state index in [0.717, 1.165) is 0 Å². The van der Waals surface area contributed by atoms with Gasteiger partial charge in [0.1, 0.15) is 36.6 Å². The van der Waals surface area contributed by atoms with Gasteiger partial charge in [-0.1, -0.05) is 20.8 Å². The molecule has 3 saturated heterocycles. The van der Waals surface area contributed by atoms with Crippen molar-refractivity contribution >= 4 is 47.3 Å². The van der Waals surface area contributed by atoms with Crippen molar-refractivity contribution in [3.63, 3.8) is 0 Å². The summed E-state index contributed by atoms with van der Waals surface area (Å²) in [6.07, 6.45) is -12.7. The second-order valence-electron chi connectivity index (χ2n) is 23.1. The molecule has 9 unspecified atom stereocenters. The molecule has 3 aliphatic rings. The molecule has 3 aliphatic heterocycles. The number of hydrogen-bond donors (Lipinski definition) is 17. The van der Waals surface area contributed by atoms with E-state index in [2.05, 4.69) is 42.5 Å². The Hall–Kier alpha value is -4.88. The summed E-state index contributed by atoms with van der Waals surface area (Å²) in [7, 11) is 1.54. The van der Waals surface area contributed by atoms with Gasteiger partial charge < -0.3 is 122 Å². The van der Waals surface area contributed by atoms with E-state index >= 15 is 0 Å². The summed E-state index contributed by atoms with van der Waals surface area (Å²) in [6.45, 7) is 4.71. The predicted molar refractivity (Wildman–Crippen MR) is 316 cm³/mol. The molecule has 0 radical (unpaired) electrons. The Balaban J connectivity index is 1.61. The number of aliphatic hydroxyl groups is 9. The molecule has 8 amide bonds. The molecule has 3 rings (SSSR count). The Bertz CT molecular complexity index is 1940. The van der Waals surface area contributed by atoms with E-state index in [1.807, 2.05) is 0 Å². The van der Waals surface area contributed by atoms with E-state index in [9.17, 15) is 84.3 Å². The summed E-state index contributed by atoms with van der Waals surface area (Å²) in [6, 6.07) is 0. The van der Waals surface area contributed by atoms with Crippen molar-refractivity contribution in [2.45, 2.75) is 203 Å². The second kappa shape index (κ2) is 43.9. The zero-order valence-electron chi connectivity index (χ0n) is 52.5. The normalized spacial score (nSPS) is 27.3. The molecule has 520 valence electrons. The highest BCUT2D eigenvalue weighted by atomic mass is 16.7. The number of aliphatic hydroxyl groups excluding tert-OH is 9. The highest BCUT2D eigenvalue weighted by Crippen LogP contribution is 2.30. The van der Waals surface area contributed by atoms with E-state index in [-0.39, 0.29) is 160 Å². The van der Waals surface area contributed by atoms with Crippen LogP contribution in [0, 0.1) is 17.8 Å². The number of carbonyl (C=O) groups excluding carboxylic acids is 8. The third-order valence-electron chi connectivity index (χ3n) is 15.9. The summed E-state index contributed by atoms with van der Waals surface area (Å²) in [5, 5.41) is 112. The molecule has 0 aromatic heterocycles. The van der Waals surface area contributed by atoms with Gasteiger partial charge in [0.25, 0.3) is 0 Å². The van der Waals surface area contributed by atoms with E-state index < -0.39 is 141 Å². The molecule has 3 heterocycles. The van der Waals surface area contributed by atoms with Gasteiger partial charge in [0.05, 0.1) is 77.2 Å². The van der Waals surface area contributed by atoms with Crippen molar-refractivity contribution in [3.05, 3.63) is 0 Å². The number of ether oxygens (including phenoxy) is 7. The minimum Gasteiger partial charge on any atom is -0.394 e. The van der Waals surface area contributed by atoms with E-state index in [1.54, 1.807) is 27.9 Å². The van der Waals surface area contributed by atoms with Gasteiger partial charge in [-0.15, -0.1) is 0 Å². The first-order valence-electron chi connectivity index (χ1n) is 31.4. The molecule has 32 nitrogen and oxygen atoms in total. The summed E-state index contributed by atoms with van der Waals surface area (Å²) in [5.74, 6) is -5.06. The summed E-state index contributed by atoms with van der Waals surface area (Å²) < 4.78 is 38.5. The molecule has 15 atom stereocenters. The fourth-order valence-corrected chi connectivity index (χ4v) is 10.1. The zero-order valence-corrected chi connectivity index (χ0v) is 52.5. The molecular weight excluding hydrogens is 1190 g/mol. The number of hydrogen-bond acceptors (Lipinski definition) is 24. The van der Waals surface area contributed by atoms with Gasteiger partial charge in [-0.3, -0.25) is 38.4 Å². The Labute approximate surface area is 525 Å². The van der Waals surface area contributed by atoms with Crippen LogP contribution in [0.4, 0.5) is 0 Å². The minimum atomic E-state index is -1.32. The van der Waals surface area contributed by atoms with Crippen LogP contribution in [0.15, 0.2) is 0 Å². The van der Waals surface area contributed by atoms with Crippen LogP contribution in [0.3, 0.4) is 0 Å². The van der Waals surface area contributed by atoms with Crippen LogP contribution >= 0.6 is 0 Å². The van der Waals surface area contributed by atoms with Crippen molar-refractivity contribution in [2.24, 2.45) is 17.8 Å². The highest BCUT2D eigenvalue weighted by molar-refractivity contribution is 5.81. The Morgan fingerprint density at radius 3 is 0.911 bits per heavy atom. The van der Waals surface area contributed by atoms with Crippen LogP contribution in [0.2, 0.25) is 0 Å². The molecule has 3 fully saturated rings. The topological polar surface area (TPSA) is 479 Å². The van der Waals surface area contributed by atoms with Crippen molar-refractivity contribution in [3.8, 4) is 0 Å². The van der Waals surface area contributed by atoms with Gasteiger partial charge in [-0.05, 0) is 51.4 Å². The molecule has 90 heavy (non-hydrogen) atoms. The quantitative estimate of drug-likeness (QED) is 0.0254. The van der Waals surface area contributed by atoms with Gasteiger partial charge in [0, 0.05) is 115 Å². The van der Waals surface area contributed by atoms with Crippen molar-refractivity contribution in [1.29, 1.82) is 0 Å². The molecule has 0 spiro atoms. The lowest BCUT2D eigenvalue weighted by Crippen LogP contribution is -2.55. The number of carbonyl (C=O) groups is 8. The SMILES string of the molecule is COCCCNC(=O)CCCC(=O)NC(CCC(=O)NCCCNC(=O)CCO[C@@H]1OC(CO)[C@H](O)C(O)C1C)(CCC(=O)NCCCNC(=O)CCO[C@@H]1OC(CO)[C@H](O)C(O)C1C)CCC(=O)NCCCNC(=O)CCO[C@@H]1OC(CO)[C@H](O)C(O)C1C. The van der Waals surface area contributed by atoms with Crippen LogP contribution < -0.4 is 42.5 Å². The largest absolute Gasteiger partial charge is 0.394 e. The van der Waals surface area contributed by atoms with Gasteiger partial charge in [-0.25, -0.2) is 0 Å². The number of nitrogens with one attached hydrogen (secondary N) is 8. The van der Waals surface area contributed by atoms with E-state index in [0.29, 0.717) is 38.8 Å². The smallest absolute Gasteiger partial charge is 0.222 e. The third kappa shape index (κ3) is 29.4. The van der Waals surface area contributed by atoms with Gasteiger partial charge >= 0.3 is 0 Å². The maximum absolute atomic E-state index is 13.8. The molecule has 0 aromatic carbocycles. The average molecular weight is 1300 g/mol. The Kier molecular flexibility index (Phi) is 38.7. The van der Waals surface area contributed by atoms with Crippen LogP contribution in [0.5, 0.6) is 0 Å². The molecular formula is C58H104N8O24. The average Bonchev–Trinajstić information content (AvgIpc) is 1.14. The number of amides is 8. The Morgan fingerprint density at radius 1 is 0.356 bits per heavy atom. The number of methoxy groups -OCH3 is 1. The molecule has 0 aromatic rings. The van der Waals surface area contributed by atoms with Crippen LogP contribution in [-0.2, 0) is 71.5 Å². The minimum absolute atomic E-state index is 0.0294. The van der Waals surface area contributed by atoms with Gasteiger partial charge in [-0.2, -0.15) is 0 Å². The fraction of sp³-hybridized carbons (Fsp3) is 0.862. The maximum atomic E-state index is 13.8. The van der Waals surface area contributed by atoms with Crippen molar-refractivity contribution in [2.75, 3.05) is 99.2 Å². The molecule has 32 heteroatoms. The molecule has 0 bridgehead atoms. The zero-order chi connectivity index (χ0) is 66.6. The first kappa shape index (κ1) is 79.4. The first-order chi connectivity index (χ1) is 43.0. The second-order valence-corrected chi connectivity index (χ2v) is 23.1.